The molecule has 17 heavy (non-hydrogen) atoms. The van der Waals surface area contributed by atoms with Crippen LogP contribution in [0.1, 0.15) is 35.6 Å². The Kier molecular flexibility index (Phi) is 3.69. The van der Waals surface area contributed by atoms with Crippen molar-refractivity contribution in [3.63, 3.8) is 0 Å². The van der Waals surface area contributed by atoms with E-state index in [1.807, 2.05) is 19.9 Å². The van der Waals surface area contributed by atoms with Crippen LogP contribution in [-0.2, 0) is 0 Å². The highest BCUT2D eigenvalue weighted by Crippen LogP contribution is 2.33. The zero-order valence-electron chi connectivity index (χ0n) is 10.6. The third-order valence-corrected chi connectivity index (χ3v) is 3.20. The molecule has 94 valence electrons. The average molecular weight is 235 g/mol. The van der Waals surface area contributed by atoms with Crippen LogP contribution in [0.4, 0.5) is 0 Å². The Morgan fingerprint density at radius 1 is 1.41 bits per heavy atom. The maximum Gasteiger partial charge on any atom is 0.127 e. The predicted molar refractivity (Wildman–Crippen MR) is 68.1 cm³/mol. The van der Waals surface area contributed by atoms with Crippen molar-refractivity contribution < 1.29 is 9.84 Å². The van der Waals surface area contributed by atoms with Gasteiger partial charge in [-0.1, -0.05) is 17.7 Å². The van der Waals surface area contributed by atoms with E-state index in [0.717, 1.165) is 29.0 Å². The number of benzene rings is 1. The Labute approximate surface area is 103 Å². The van der Waals surface area contributed by atoms with Gasteiger partial charge in [0.1, 0.15) is 5.75 Å². The third kappa shape index (κ3) is 2.99. The number of rotatable bonds is 5. The van der Waals surface area contributed by atoms with Gasteiger partial charge in [0.2, 0.25) is 0 Å². The predicted octanol–water partition coefficient (Wildman–Crippen LogP) is 2.08. The van der Waals surface area contributed by atoms with Gasteiger partial charge < -0.3 is 15.6 Å². The van der Waals surface area contributed by atoms with Crippen molar-refractivity contribution in [3.05, 3.63) is 28.8 Å². The fourth-order valence-electron chi connectivity index (χ4n) is 2.04. The van der Waals surface area contributed by atoms with E-state index in [9.17, 15) is 5.11 Å². The molecule has 1 aliphatic carbocycles. The Morgan fingerprint density at radius 2 is 2.12 bits per heavy atom. The average Bonchev–Trinajstić information content (AvgIpc) is 3.09. The van der Waals surface area contributed by atoms with Gasteiger partial charge in [-0.25, -0.2) is 0 Å². The van der Waals surface area contributed by atoms with Crippen LogP contribution in [-0.4, -0.2) is 18.3 Å². The van der Waals surface area contributed by atoms with Crippen LogP contribution < -0.4 is 10.5 Å². The van der Waals surface area contributed by atoms with E-state index in [0.29, 0.717) is 5.92 Å². The van der Waals surface area contributed by atoms with Crippen LogP contribution in [0.5, 0.6) is 5.75 Å². The van der Waals surface area contributed by atoms with Gasteiger partial charge in [0.15, 0.2) is 0 Å². The summed E-state index contributed by atoms with van der Waals surface area (Å²) in [5, 5.41) is 9.20. The van der Waals surface area contributed by atoms with E-state index >= 15 is 0 Å². The Hall–Kier alpha value is -1.06. The van der Waals surface area contributed by atoms with Gasteiger partial charge in [-0.05, 0) is 38.2 Å². The Bertz CT molecular complexity index is 399. The van der Waals surface area contributed by atoms with Gasteiger partial charge in [-0.3, -0.25) is 0 Å². The molecule has 0 heterocycles. The lowest BCUT2D eigenvalue weighted by atomic mass is 10.0. The van der Waals surface area contributed by atoms with E-state index in [1.54, 1.807) is 0 Å². The summed E-state index contributed by atoms with van der Waals surface area (Å²) in [7, 11) is 0. The minimum absolute atomic E-state index is 0.0529. The van der Waals surface area contributed by atoms with Crippen LogP contribution in [0.15, 0.2) is 12.1 Å². The number of aryl methyl sites for hydroxylation is 2. The van der Waals surface area contributed by atoms with Gasteiger partial charge in [0.25, 0.3) is 0 Å². The smallest absolute Gasteiger partial charge is 0.127 e. The summed E-state index contributed by atoms with van der Waals surface area (Å²) in [6.45, 7) is 4.78. The highest BCUT2D eigenvalue weighted by atomic mass is 16.5. The molecule has 1 aliphatic rings. The number of ether oxygens (including phenoxy) is 1. The van der Waals surface area contributed by atoms with Crippen LogP contribution >= 0.6 is 0 Å². The molecule has 0 aromatic heterocycles. The maximum atomic E-state index is 9.20. The van der Waals surface area contributed by atoms with E-state index < -0.39 is 0 Å². The monoisotopic (exact) mass is 235 g/mol. The second-order valence-electron chi connectivity index (χ2n) is 5.04. The van der Waals surface area contributed by atoms with Crippen molar-refractivity contribution in [2.45, 2.75) is 32.7 Å². The summed E-state index contributed by atoms with van der Waals surface area (Å²) in [5.74, 6) is 1.58. The molecule has 1 aromatic rings. The molecule has 0 spiro atoms. The SMILES string of the molecule is Cc1cc(C)c(OCC2CC2)c(C(N)CO)c1. The first-order chi connectivity index (χ1) is 8.11. The Balaban J connectivity index is 2.24. The van der Waals surface area contributed by atoms with Gasteiger partial charge in [-0.2, -0.15) is 0 Å². The highest BCUT2D eigenvalue weighted by molar-refractivity contribution is 5.45. The normalized spacial score (nSPS) is 16.9. The number of hydrogen-bond acceptors (Lipinski definition) is 3. The van der Waals surface area contributed by atoms with E-state index in [2.05, 4.69) is 6.07 Å². The molecule has 2 rings (SSSR count). The molecule has 0 radical (unpaired) electrons. The summed E-state index contributed by atoms with van der Waals surface area (Å²) >= 11 is 0. The lowest BCUT2D eigenvalue weighted by molar-refractivity contribution is 0.256. The zero-order chi connectivity index (χ0) is 12.4. The molecular weight excluding hydrogens is 214 g/mol. The van der Waals surface area contributed by atoms with Crippen LogP contribution in [0, 0.1) is 19.8 Å². The van der Waals surface area contributed by atoms with Crippen LogP contribution in [0.2, 0.25) is 0 Å². The van der Waals surface area contributed by atoms with E-state index in [-0.39, 0.29) is 12.6 Å². The molecule has 1 aromatic carbocycles. The highest BCUT2D eigenvalue weighted by Gasteiger charge is 2.23. The molecule has 3 nitrogen and oxygen atoms in total. The molecule has 0 aliphatic heterocycles. The van der Waals surface area contributed by atoms with Gasteiger partial charge in [0, 0.05) is 5.56 Å². The molecule has 3 heteroatoms. The number of aliphatic hydroxyl groups is 1. The molecule has 0 amide bonds. The summed E-state index contributed by atoms with van der Waals surface area (Å²) in [5.41, 5.74) is 9.10. The topological polar surface area (TPSA) is 55.5 Å². The first-order valence-corrected chi connectivity index (χ1v) is 6.22. The first-order valence-electron chi connectivity index (χ1n) is 6.22. The van der Waals surface area contributed by atoms with Crippen molar-refractivity contribution in [3.8, 4) is 5.75 Å². The van der Waals surface area contributed by atoms with Gasteiger partial charge >= 0.3 is 0 Å². The molecule has 1 atom stereocenters. The van der Waals surface area contributed by atoms with E-state index in [4.69, 9.17) is 10.5 Å². The largest absolute Gasteiger partial charge is 0.493 e. The fraction of sp³-hybridized carbons (Fsp3) is 0.571. The van der Waals surface area contributed by atoms with Crippen molar-refractivity contribution in [2.75, 3.05) is 13.2 Å². The molecule has 1 saturated carbocycles. The first kappa shape index (κ1) is 12.4. The van der Waals surface area contributed by atoms with E-state index in [1.165, 1.54) is 12.8 Å². The second kappa shape index (κ2) is 5.07. The third-order valence-electron chi connectivity index (χ3n) is 3.20. The molecule has 0 bridgehead atoms. The molecule has 0 saturated heterocycles. The van der Waals surface area contributed by atoms with Crippen molar-refractivity contribution in [1.29, 1.82) is 0 Å². The zero-order valence-corrected chi connectivity index (χ0v) is 10.6. The minimum atomic E-state index is -0.359. The van der Waals surface area contributed by atoms with Crippen molar-refractivity contribution in [2.24, 2.45) is 11.7 Å². The molecular formula is C14H21NO2. The molecule has 3 N–H and O–H groups in total. The molecule has 1 fully saturated rings. The fourth-order valence-corrected chi connectivity index (χ4v) is 2.04. The summed E-state index contributed by atoms with van der Waals surface area (Å²) in [6, 6.07) is 3.74. The van der Waals surface area contributed by atoms with Crippen molar-refractivity contribution in [1.82, 2.24) is 0 Å². The standard InChI is InChI=1S/C14H21NO2/c1-9-5-10(2)14(17-8-11-3-4-11)12(6-9)13(15)7-16/h5-6,11,13,16H,3-4,7-8,15H2,1-2H3. The summed E-state index contributed by atoms with van der Waals surface area (Å²) in [6.07, 6.45) is 2.54. The lowest BCUT2D eigenvalue weighted by Crippen LogP contribution is -2.17. The van der Waals surface area contributed by atoms with Crippen molar-refractivity contribution >= 4 is 0 Å². The van der Waals surface area contributed by atoms with Crippen LogP contribution in [0.3, 0.4) is 0 Å². The summed E-state index contributed by atoms with van der Waals surface area (Å²) in [4.78, 5) is 0. The second-order valence-corrected chi connectivity index (χ2v) is 5.04. The minimum Gasteiger partial charge on any atom is -0.493 e. The lowest BCUT2D eigenvalue weighted by Gasteiger charge is -2.18. The number of nitrogens with two attached hydrogens (primary N) is 1. The van der Waals surface area contributed by atoms with Gasteiger partial charge in [-0.15, -0.1) is 0 Å². The summed E-state index contributed by atoms with van der Waals surface area (Å²) < 4.78 is 5.88. The number of aliphatic hydroxyl groups excluding tert-OH is 1. The molecule has 1 unspecified atom stereocenters. The van der Waals surface area contributed by atoms with Crippen LogP contribution in [0.25, 0.3) is 0 Å². The Morgan fingerprint density at radius 3 is 2.71 bits per heavy atom. The quantitative estimate of drug-likeness (QED) is 0.821. The van der Waals surface area contributed by atoms with Gasteiger partial charge in [0.05, 0.1) is 19.3 Å². The number of hydrogen-bond donors (Lipinski definition) is 2. The maximum absolute atomic E-state index is 9.20.